The van der Waals surface area contributed by atoms with Crippen LogP contribution in [0.4, 0.5) is 0 Å². The molecule has 0 atom stereocenters. The Kier molecular flexibility index (Phi) is 6.28. The monoisotopic (exact) mass is 360 g/mol. The lowest BCUT2D eigenvalue weighted by atomic mass is 10.2. The van der Waals surface area contributed by atoms with E-state index in [4.69, 9.17) is 11.6 Å². The molecule has 134 valence electrons. The molecular formula is C18H25ClN6. The highest BCUT2D eigenvalue weighted by atomic mass is 35.5. The Morgan fingerprint density at radius 3 is 3.00 bits per heavy atom. The van der Waals surface area contributed by atoms with Gasteiger partial charge in [0.2, 0.25) is 0 Å². The number of aryl methyl sites for hydroxylation is 1. The Labute approximate surface area is 153 Å². The average Bonchev–Trinajstić information content (AvgIpc) is 2.85. The number of nitrogens with zero attached hydrogens (tertiary/aromatic N) is 4. The van der Waals surface area contributed by atoms with Crippen LogP contribution in [0.1, 0.15) is 36.5 Å². The van der Waals surface area contributed by atoms with Crippen LogP contribution in [0.2, 0.25) is 5.02 Å². The van der Waals surface area contributed by atoms with Crippen molar-refractivity contribution >= 4 is 17.6 Å². The van der Waals surface area contributed by atoms with Crippen LogP contribution in [0.25, 0.3) is 0 Å². The SMILES string of the molecule is CN=C(NCCc1nnc2n1CCCCC2)NCc1cccc(Cl)c1. The molecule has 1 aromatic heterocycles. The molecule has 2 N–H and O–H groups in total. The minimum atomic E-state index is 0.681. The van der Waals surface area contributed by atoms with Gasteiger partial charge in [-0.15, -0.1) is 10.2 Å². The molecule has 6 nitrogen and oxygen atoms in total. The third-order valence-corrected chi connectivity index (χ3v) is 4.63. The van der Waals surface area contributed by atoms with Crippen molar-refractivity contribution in [1.82, 2.24) is 25.4 Å². The lowest BCUT2D eigenvalue weighted by Crippen LogP contribution is -2.38. The van der Waals surface area contributed by atoms with E-state index in [1.54, 1.807) is 7.05 Å². The molecule has 1 aromatic carbocycles. The third kappa shape index (κ3) is 4.95. The molecule has 7 heteroatoms. The fraction of sp³-hybridized carbons (Fsp3) is 0.500. The van der Waals surface area contributed by atoms with E-state index in [1.165, 1.54) is 19.3 Å². The van der Waals surface area contributed by atoms with E-state index < -0.39 is 0 Å². The van der Waals surface area contributed by atoms with Crippen LogP contribution >= 0.6 is 11.6 Å². The average molecular weight is 361 g/mol. The summed E-state index contributed by atoms with van der Waals surface area (Å²) in [6.45, 7) is 2.49. The Balaban J connectivity index is 1.48. The zero-order valence-electron chi connectivity index (χ0n) is 14.6. The van der Waals surface area contributed by atoms with Gasteiger partial charge in [-0.1, -0.05) is 30.2 Å². The molecule has 25 heavy (non-hydrogen) atoms. The number of aliphatic imine (C=N–C) groups is 1. The van der Waals surface area contributed by atoms with E-state index in [9.17, 15) is 0 Å². The lowest BCUT2D eigenvalue weighted by molar-refractivity contribution is 0.600. The Morgan fingerprint density at radius 1 is 1.24 bits per heavy atom. The number of hydrogen-bond acceptors (Lipinski definition) is 3. The largest absolute Gasteiger partial charge is 0.356 e. The topological polar surface area (TPSA) is 67.1 Å². The molecule has 0 amide bonds. The molecule has 0 saturated carbocycles. The molecular weight excluding hydrogens is 336 g/mol. The quantitative estimate of drug-likeness (QED) is 0.635. The molecule has 0 bridgehead atoms. The second-order valence-corrected chi connectivity index (χ2v) is 6.66. The van der Waals surface area contributed by atoms with E-state index in [0.717, 1.165) is 54.1 Å². The number of benzene rings is 1. The number of fused-ring (bicyclic) bond motifs is 1. The summed E-state index contributed by atoms with van der Waals surface area (Å²) in [5.74, 6) is 2.97. The minimum absolute atomic E-state index is 0.681. The smallest absolute Gasteiger partial charge is 0.191 e. The highest BCUT2D eigenvalue weighted by molar-refractivity contribution is 6.30. The van der Waals surface area contributed by atoms with Crippen LogP contribution in [0.5, 0.6) is 0 Å². The van der Waals surface area contributed by atoms with E-state index in [2.05, 4.69) is 30.4 Å². The summed E-state index contributed by atoms with van der Waals surface area (Å²) < 4.78 is 2.29. The summed E-state index contributed by atoms with van der Waals surface area (Å²) in [4.78, 5) is 4.27. The second-order valence-electron chi connectivity index (χ2n) is 6.23. The molecule has 0 saturated heterocycles. The first kappa shape index (κ1) is 17.7. The van der Waals surface area contributed by atoms with Crippen molar-refractivity contribution in [2.75, 3.05) is 13.6 Å². The zero-order valence-corrected chi connectivity index (χ0v) is 15.4. The van der Waals surface area contributed by atoms with Gasteiger partial charge in [-0.25, -0.2) is 0 Å². The molecule has 1 aliphatic rings. The number of nitrogens with one attached hydrogen (secondary N) is 2. The summed E-state index contributed by atoms with van der Waals surface area (Å²) in [7, 11) is 1.77. The molecule has 0 spiro atoms. The Hall–Kier alpha value is -2.08. The van der Waals surface area contributed by atoms with E-state index in [-0.39, 0.29) is 0 Å². The van der Waals surface area contributed by atoms with Crippen LogP contribution < -0.4 is 10.6 Å². The van der Waals surface area contributed by atoms with Gasteiger partial charge >= 0.3 is 0 Å². The Morgan fingerprint density at radius 2 is 2.16 bits per heavy atom. The van der Waals surface area contributed by atoms with Crippen molar-refractivity contribution < 1.29 is 0 Å². The molecule has 1 aliphatic heterocycles. The lowest BCUT2D eigenvalue weighted by Gasteiger charge is -2.12. The predicted octanol–water partition coefficient (Wildman–Crippen LogP) is 2.57. The zero-order chi connectivity index (χ0) is 17.5. The highest BCUT2D eigenvalue weighted by Gasteiger charge is 2.14. The van der Waals surface area contributed by atoms with Gasteiger partial charge < -0.3 is 15.2 Å². The molecule has 0 radical (unpaired) electrons. The first-order chi connectivity index (χ1) is 12.3. The van der Waals surface area contributed by atoms with Crippen molar-refractivity contribution in [3.8, 4) is 0 Å². The standard InChI is InChI=1S/C18H25ClN6/c1-20-18(22-13-14-6-5-7-15(19)12-14)21-10-9-17-24-23-16-8-3-2-4-11-25(16)17/h5-7,12H,2-4,8-11,13H2,1H3,(H2,20,21,22). The number of aromatic nitrogens is 3. The summed E-state index contributed by atoms with van der Waals surface area (Å²) in [5, 5.41) is 16.1. The Bertz CT molecular complexity index is 724. The number of hydrogen-bond donors (Lipinski definition) is 2. The van der Waals surface area contributed by atoms with Crippen molar-refractivity contribution in [3.63, 3.8) is 0 Å². The van der Waals surface area contributed by atoms with Crippen LogP contribution in [0.15, 0.2) is 29.3 Å². The number of guanidine groups is 1. The minimum Gasteiger partial charge on any atom is -0.356 e. The van der Waals surface area contributed by atoms with E-state index in [0.29, 0.717) is 6.54 Å². The highest BCUT2D eigenvalue weighted by Crippen LogP contribution is 2.14. The second kappa shape index (κ2) is 8.85. The van der Waals surface area contributed by atoms with Crippen LogP contribution in [-0.4, -0.2) is 34.3 Å². The van der Waals surface area contributed by atoms with Gasteiger partial charge in [0.15, 0.2) is 5.96 Å². The fourth-order valence-corrected chi connectivity index (χ4v) is 3.29. The molecule has 2 heterocycles. The van der Waals surface area contributed by atoms with Crippen molar-refractivity contribution in [3.05, 3.63) is 46.5 Å². The van der Waals surface area contributed by atoms with Gasteiger partial charge in [0, 0.05) is 44.5 Å². The summed E-state index contributed by atoms with van der Waals surface area (Å²) in [6, 6.07) is 7.82. The first-order valence-corrected chi connectivity index (χ1v) is 9.24. The van der Waals surface area contributed by atoms with Crippen molar-refractivity contribution in [1.29, 1.82) is 0 Å². The first-order valence-electron chi connectivity index (χ1n) is 8.86. The molecule has 2 aromatic rings. The molecule has 0 fully saturated rings. The number of halogens is 1. The van der Waals surface area contributed by atoms with Gasteiger partial charge in [0.05, 0.1) is 0 Å². The number of rotatable bonds is 5. The maximum Gasteiger partial charge on any atom is 0.191 e. The van der Waals surface area contributed by atoms with Gasteiger partial charge in [0.1, 0.15) is 11.6 Å². The third-order valence-electron chi connectivity index (χ3n) is 4.40. The maximum absolute atomic E-state index is 6.02. The van der Waals surface area contributed by atoms with Gasteiger partial charge in [-0.05, 0) is 30.5 Å². The van der Waals surface area contributed by atoms with Crippen molar-refractivity contribution in [2.24, 2.45) is 4.99 Å². The van der Waals surface area contributed by atoms with Crippen LogP contribution in [0.3, 0.4) is 0 Å². The molecule has 0 aliphatic carbocycles. The van der Waals surface area contributed by atoms with Gasteiger partial charge in [0.25, 0.3) is 0 Å². The van der Waals surface area contributed by atoms with Crippen molar-refractivity contribution in [2.45, 2.75) is 45.2 Å². The fourth-order valence-electron chi connectivity index (χ4n) is 3.08. The molecule has 0 unspecified atom stereocenters. The summed E-state index contributed by atoms with van der Waals surface area (Å²) in [6.07, 6.45) is 5.60. The molecule has 3 rings (SSSR count). The van der Waals surface area contributed by atoms with Gasteiger partial charge in [-0.2, -0.15) is 0 Å². The van der Waals surface area contributed by atoms with Crippen LogP contribution in [-0.2, 0) is 25.9 Å². The summed E-state index contributed by atoms with van der Waals surface area (Å²) >= 11 is 6.02. The van der Waals surface area contributed by atoms with Gasteiger partial charge in [-0.3, -0.25) is 4.99 Å². The summed E-state index contributed by atoms with van der Waals surface area (Å²) in [5.41, 5.74) is 1.12. The normalized spacial score (nSPS) is 14.7. The maximum atomic E-state index is 6.02. The van der Waals surface area contributed by atoms with E-state index in [1.807, 2.05) is 24.3 Å². The van der Waals surface area contributed by atoms with E-state index >= 15 is 0 Å². The van der Waals surface area contributed by atoms with Crippen LogP contribution in [0, 0.1) is 0 Å². The predicted molar refractivity (Wildman–Crippen MR) is 101 cm³/mol.